The van der Waals surface area contributed by atoms with Gasteiger partial charge >= 0.3 is 0 Å². The highest BCUT2D eigenvalue weighted by Crippen LogP contribution is 2.20. The van der Waals surface area contributed by atoms with Crippen LogP contribution in [0.4, 0.5) is 5.69 Å². The first-order valence-corrected chi connectivity index (χ1v) is 4.72. The van der Waals surface area contributed by atoms with Gasteiger partial charge in [0.2, 0.25) is 0 Å². The lowest BCUT2D eigenvalue weighted by Gasteiger charge is -2.17. The first-order valence-electron chi connectivity index (χ1n) is 4.72. The number of nitrogens with zero attached hydrogens (tertiary/aromatic N) is 1. The van der Waals surface area contributed by atoms with Gasteiger partial charge in [-0.25, -0.2) is 0 Å². The van der Waals surface area contributed by atoms with E-state index in [1.165, 1.54) is 0 Å². The third kappa shape index (κ3) is 2.42. The maximum absolute atomic E-state index is 5.85. The third-order valence-electron chi connectivity index (χ3n) is 2.12. The van der Waals surface area contributed by atoms with Crippen molar-refractivity contribution in [1.29, 1.82) is 0 Å². The van der Waals surface area contributed by atoms with Crippen molar-refractivity contribution in [3.05, 3.63) is 24.0 Å². The molecule has 0 saturated heterocycles. The molecule has 3 N–H and O–H groups in total. The van der Waals surface area contributed by atoms with Crippen LogP contribution in [0.3, 0.4) is 0 Å². The summed E-state index contributed by atoms with van der Waals surface area (Å²) in [6.45, 7) is 5.18. The summed E-state index contributed by atoms with van der Waals surface area (Å²) in [5.74, 6) is 0. The molecule has 3 heteroatoms. The zero-order valence-corrected chi connectivity index (χ0v) is 8.25. The number of nitrogens with two attached hydrogens (primary N) is 1. The first kappa shape index (κ1) is 9.99. The Morgan fingerprint density at radius 1 is 1.54 bits per heavy atom. The molecule has 0 aliphatic heterocycles. The lowest BCUT2D eigenvalue weighted by Crippen LogP contribution is -2.21. The number of hydrogen-bond acceptors (Lipinski definition) is 3. The minimum atomic E-state index is 0.332. The molecule has 1 aromatic rings. The Kier molecular flexibility index (Phi) is 3.71. The Bertz CT molecular complexity index is 260. The zero-order chi connectivity index (χ0) is 9.68. The molecule has 1 heterocycles. The van der Waals surface area contributed by atoms with Crippen molar-refractivity contribution < 1.29 is 0 Å². The van der Waals surface area contributed by atoms with Crippen molar-refractivity contribution in [2.45, 2.75) is 26.3 Å². The minimum Gasteiger partial charge on any atom is -0.398 e. The quantitative estimate of drug-likeness (QED) is 0.740. The SMILES string of the molecule is CCNC(CC)c1cnccc1N. The van der Waals surface area contributed by atoms with Crippen LogP contribution in [0, 0.1) is 0 Å². The fourth-order valence-corrected chi connectivity index (χ4v) is 1.43. The van der Waals surface area contributed by atoms with E-state index in [9.17, 15) is 0 Å². The molecule has 1 unspecified atom stereocenters. The molecule has 1 rings (SSSR count). The maximum Gasteiger partial charge on any atom is 0.0393 e. The van der Waals surface area contributed by atoms with E-state index >= 15 is 0 Å². The van der Waals surface area contributed by atoms with E-state index in [1.807, 2.05) is 12.3 Å². The predicted molar refractivity (Wildman–Crippen MR) is 55.4 cm³/mol. The molecule has 72 valence electrons. The van der Waals surface area contributed by atoms with Crippen LogP contribution in [0.15, 0.2) is 18.5 Å². The van der Waals surface area contributed by atoms with E-state index in [1.54, 1.807) is 6.20 Å². The van der Waals surface area contributed by atoms with Crippen molar-refractivity contribution in [2.75, 3.05) is 12.3 Å². The largest absolute Gasteiger partial charge is 0.398 e. The Hall–Kier alpha value is -1.09. The Morgan fingerprint density at radius 2 is 2.31 bits per heavy atom. The zero-order valence-electron chi connectivity index (χ0n) is 8.25. The molecule has 0 aliphatic carbocycles. The van der Waals surface area contributed by atoms with Crippen molar-refractivity contribution in [3.8, 4) is 0 Å². The van der Waals surface area contributed by atoms with E-state index in [-0.39, 0.29) is 0 Å². The summed E-state index contributed by atoms with van der Waals surface area (Å²) in [5.41, 5.74) is 7.77. The van der Waals surface area contributed by atoms with E-state index in [0.717, 1.165) is 24.2 Å². The van der Waals surface area contributed by atoms with Crippen LogP contribution in [0.1, 0.15) is 31.9 Å². The summed E-state index contributed by atoms with van der Waals surface area (Å²) < 4.78 is 0. The predicted octanol–water partition coefficient (Wildman–Crippen LogP) is 1.72. The summed E-state index contributed by atoms with van der Waals surface area (Å²) in [6.07, 6.45) is 4.59. The lowest BCUT2D eigenvalue weighted by molar-refractivity contribution is 0.537. The molecule has 0 radical (unpaired) electrons. The lowest BCUT2D eigenvalue weighted by atomic mass is 10.1. The second kappa shape index (κ2) is 4.82. The van der Waals surface area contributed by atoms with Gasteiger partial charge in [-0.05, 0) is 19.0 Å². The minimum absolute atomic E-state index is 0.332. The molecular weight excluding hydrogens is 162 g/mol. The molecule has 1 atom stereocenters. The number of aromatic nitrogens is 1. The van der Waals surface area contributed by atoms with Gasteiger partial charge in [0.15, 0.2) is 0 Å². The second-order valence-corrected chi connectivity index (χ2v) is 3.02. The fourth-order valence-electron chi connectivity index (χ4n) is 1.43. The topological polar surface area (TPSA) is 50.9 Å². The van der Waals surface area contributed by atoms with E-state index in [0.29, 0.717) is 6.04 Å². The molecule has 0 spiro atoms. The fraction of sp³-hybridized carbons (Fsp3) is 0.500. The van der Waals surface area contributed by atoms with E-state index < -0.39 is 0 Å². The van der Waals surface area contributed by atoms with Crippen LogP contribution >= 0.6 is 0 Å². The van der Waals surface area contributed by atoms with E-state index in [4.69, 9.17) is 5.73 Å². The Balaban J connectivity index is 2.84. The monoisotopic (exact) mass is 179 g/mol. The van der Waals surface area contributed by atoms with E-state index in [2.05, 4.69) is 24.1 Å². The normalized spacial score (nSPS) is 12.8. The maximum atomic E-state index is 5.85. The number of pyridine rings is 1. The molecule has 0 saturated carbocycles. The molecule has 0 bridgehead atoms. The van der Waals surface area contributed by atoms with Crippen molar-refractivity contribution in [3.63, 3.8) is 0 Å². The van der Waals surface area contributed by atoms with Crippen LogP contribution in [-0.2, 0) is 0 Å². The summed E-state index contributed by atoms with van der Waals surface area (Å²) in [6, 6.07) is 2.17. The standard InChI is InChI=1S/C10H17N3/c1-3-10(13-4-2)8-7-12-6-5-9(8)11/h5-7,10,13H,3-4H2,1-2H3,(H2,11,12). The number of nitrogens with one attached hydrogen (secondary N) is 1. The van der Waals surface area contributed by atoms with Crippen molar-refractivity contribution in [2.24, 2.45) is 0 Å². The van der Waals surface area contributed by atoms with Gasteiger partial charge in [0.25, 0.3) is 0 Å². The van der Waals surface area contributed by atoms with Crippen LogP contribution in [0.5, 0.6) is 0 Å². The average molecular weight is 179 g/mol. The van der Waals surface area contributed by atoms with Gasteiger partial charge in [-0.1, -0.05) is 13.8 Å². The first-order chi connectivity index (χ1) is 6.29. The average Bonchev–Trinajstić information content (AvgIpc) is 2.16. The van der Waals surface area contributed by atoms with Crippen LogP contribution in [0.25, 0.3) is 0 Å². The molecule has 1 aromatic heterocycles. The Labute approximate surface area is 79.4 Å². The van der Waals surface area contributed by atoms with Gasteiger partial charge < -0.3 is 11.1 Å². The van der Waals surface area contributed by atoms with Gasteiger partial charge in [-0.15, -0.1) is 0 Å². The number of hydrogen-bond donors (Lipinski definition) is 2. The summed E-state index contributed by atoms with van der Waals surface area (Å²) in [4.78, 5) is 4.08. The molecule has 0 aromatic carbocycles. The molecule has 3 nitrogen and oxygen atoms in total. The van der Waals surface area contributed by atoms with Gasteiger partial charge in [-0.3, -0.25) is 4.98 Å². The second-order valence-electron chi connectivity index (χ2n) is 3.02. The molecule has 0 fully saturated rings. The van der Waals surface area contributed by atoms with Crippen LogP contribution in [-0.4, -0.2) is 11.5 Å². The van der Waals surface area contributed by atoms with Gasteiger partial charge in [0, 0.05) is 29.7 Å². The van der Waals surface area contributed by atoms with Crippen LogP contribution < -0.4 is 11.1 Å². The highest BCUT2D eigenvalue weighted by molar-refractivity contribution is 5.46. The van der Waals surface area contributed by atoms with Gasteiger partial charge in [0.05, 0.1) is 0 Å². The highest BCUT2D eigenvalue weighted by atomic mass is 14.9. The van der Waals surface area contributed by atoms with Gasteiger partial charge in [-0.2, -0.15) is 0 Å². The Morgan fingerprint density at radius 3 is 2.85 bits per heavy atom. The summed E-state index contributed by atoms with van der Waals surface area (Å²) in [7, 11) is 0. The van der Waals surface area contributed by atoms with Gasteiger partial charge in [0.1, 0.15) is 0 Å². The number of rotatable bonds is 4. The number of anilines is 1. The summed E-state index contributed by atoms with van der Waals surface area (Å²) >= 11 is 0. The van der Waals surface area contributed by atoms with Crippen LogP contribution in [0.2, 0.25) is 0 Å². The van der Waals surface area contributed by atoms with Crippen molar-refractivity contribution >= 4 is 5.69 Å². The third-order valence-corrected chi connectivity index (χ3v) is 2.12. The summed E-state index contributed by atoms with van der Waals surface area (Å²) in [5, 5.41) is 3.37. The molecular formula is C10H17N3. The molecule has 0 aliphatic rings. The molecule has 0 amide bonds. The highest BCUT2D eigenvalue weighted by Gasteiger charge is 2.10. The molecule has 13 heavy (non-hydrogen) atoms. The smallest absolute Gasteiger partial charge is 0.0393 e. The number of nitrogen functional groups attached to an aromatic ring is 1. The van der Waals surface area contributed by atoms with Crippen molar-refractivity contribution in [1.82, 2.24) is 10.3 Å².